The van der Waals surface area contributed by atoms with Crippen molar-refractivity contribution in [3.8, 4) is 0 Å². The molecule has 5 rings (SSSR count). The maximum absolute atomic E-state index is 13.7. The van der Waals surface area contributed by atoms with Crippen molar-refractivity contribution < 1.29 is 19.1 Å². The highest BCUT2D eigenvalue weighted by molar-refractivity contribution is 5.79. The standard InChI is InChI=1S/C31H48N4O4/c1-5-30(20-38-22-39-21-30)18-33-19-31(35(6-2)29(33)37)16-25-12-13-26(17-31)34(25)15-14-27(32-28(36)23(3)4)24-10-8-7-9-11-24/h7-11,23,25-27H,5-6,12-22H2,1-4H3,(H,32,36)/t25?,26?,27-,31?/m0/s1. The molecule has 8 heteroatoms. The molecule has 4 fully saturated rings. The molecule has 216 valence electrons. The third-order valence-electron chi connectivity index (χ3n) is 9.86. The third kappa shape index (κ3) is 5.70. The topological polar surface area (TPSA) is 74.4 Å². The Kier molecular flexibility index (Phi) is 8.55. The van der Waals surface area contributed by atoms with Crippen LogP contribution in [0, 0.1) is 11.3 Å². The Morgan fingerprint density at radius 2 is 1.74 bits per heavy atom. The first-order valence-electron chi connectivity index (χ1n) is 15.1. The zero-order valence-corrected chi connectivity index (χ0v) is 24.4. The Morgan fingerprint density at radius 3 is 2.33 bits per heavy atom. The summed E-state index contributed by atoms with van der Waals surface area (Å²) >= 11 is 0. The molecule has 2 bridgehead atoms. The van der Waals surface area contributed by atoms with Gasteiger partial charge in [0, 0.05) is 49.6 Å². The van der Waals surface area contributed by atoms with E-state index in [0.29, 0.717) is 38.6 Å². The van der Waals surface area contributed by atoms with E-state index < -0.39 is 0 Å². The zero-order valence-electron chi connectivity index (χ0n) is 24.4. The van der Waals surface area contributed by atoms with Crippen molar-refractivity contribution in [2.24, 2.45) is 11.3 Å². The summed E-state index contributed by atoms with van der Waals surface area (Å²) in [6.45, 7) is 13.1. The van der Waals surface area contributed by atoms with Crippen LogP contribution < -0.4 is 5.32 Å². The van der Waals surface area contributed by atoms with Gasteiger partial charge in [0.2, 0.25) is 5.91 Å². The van der Waals surface area contributed by atoms with Crippen LogP contribution in [0.15, 0.2) is 30.3 Å². The SMILES string of the molecule is CCN1C(=O)N(CC2(CC)COCOC2)CC12CC1CCC(C2)N1CC[C@H](NC(=O)C(C)C)c1ccccc1. The van der Waals surface area contributed by atoms with Gasteiger partial charge in [0.25, 0.3) is 0 Å². The number of rotatable bonds is 10. The van der Waals surface area contributed by atoms with E-state index in [-0.39, 0.29) is 34.9 Å². The molecule has 1 aromatic rings. The monoisotopic (exact) mass is 540 g/mol. The molecule has 39 heavy (non-hydrogen) atoms. The second-order valence-corrected chi connectivity index (χ2v) is 12.7. The summed E-state index contributed by atoms with van der Waals surface area (Å²) in [7, 11) is 0. The molecule has 8 nitrogen and oxygen atoms in total. The lowest BCUT2D eigenvalue weighted by Gasteiger charge is -2.48. The summed E-state index contributed by atoms with van der Waals surface area (Å²) in [6.07, 6.45) is 6.26. The predicted molar refractivity (Wildman–Crippen MR) is 151 cm³/mol. The minimum atomic E-state index is -0.120. The Bertz CT molecular complexity index is 982. The van der Waals surface area contributed by atoms with E-state index in [1.54, 1.807) is 0 Å². The van der Waals surface area contributed by atoms with Crippen LogP contribution in [0.1, 0.15) is 77.8 Å². The van der Waals surface area contributed by atoms with Crippen molar-refractivity contribution >= 4 is 11.9 Å². The van der Waals surface area contributed by atoms with Gasteiger partial charge in [-0.3, -0.25) is 9.69 Å². The normalized spacial score (nSPS) is 29.4. The minimum Gasteiger partial charge on any atom is -0.355 e. The number of fused-ring (bicyclic) bond motifs is 2. The molecule has 4 aliphatic rings. The zero-order chi connectivity index (χ0) is 27.6. The van der Waals surface area contributed by atoms with E-state index in [0.717, 1.165) is 45.3 Å². The van der Waals surface area contributed by atoms with Gasteiger partial charge in [-0.2, -0.15) is 0 Å². The van der Waals surface area contributed by atoms with Crippen LogP contribution in [0.25, 0.3) is 0 Å². The average molecular weight is 541 g/mol. The van der Waals surface area contributed by atoms with Gasteiger partial charge in [-0.25, -0.2) is 4.79 Å². The third-order valence-corrected chi connectivity index (χ3v) is 9.86. The number of benzene rings is 1. The van der Waals surface area contributed by atoms with Crippen LogP contribution in [-0.2, 0) is 14.3 Å². The van der Waals surface area contributed by atoms with Crippen molar-refractivity contribution in [1.82, 2.24) is 20.0 Å². The summed E-state index contributed by atoms with van der Waals surface area (Å²) in [4.78, 5) is 33.3. The quantitative estimate of drug-likeness (QED) is 0.476. The molecule has 3 amide bonds. The Hall–Kier alpha value is -2.16. The van der Waals surface area contributed by atoms with Crippen LogP contribution in [0.3, 0.4) is 0 Å². The number of amides is 3. The second kappa shape index (κ2) is 11.8. The molecular weight excluding hydrogens is 492 g/mol. The molecule has 0 saturated carbocycles. The second-order valence-electron chi connectivity index (χ2n) is 12.7. The predicted octanol–water partition coefficient (Wildman–Crippen LogP) is 4.41. The summed E-state index contributed by atoms with van der Waals surface area (Å²) < 4.78 is 11.4. The summed E-state index contributed by atoms with van der Waals surface area (Å²) in [5, 5.41) is 3.30. The van der Waals surface area contributed by atoms with E-state index in [4.69, 9.17) is 9.47 Å². The van der Waals surface area contributed by atoms with E-state index in [2.05, 4.69) is 58.1 Å². The minimum absolute atomic E-state index is 0.0113. The van der Waals surface area contributed by atoms with Crippen molar-refractivity contribution in [1.29, 1.82) is 0 Å². The number of hydrogen-bond donors (Lipinski definition) is 1. The number of carbonyl (C=O) groups excluding carboxylic acids is 2. The van der Waals surface area contributed by atoms with Gasteiger partial charge in [0.05, 0.1) is 24.8 Å². The number of ether oxygens (including phenoxy) is 2. The highest BCUT2D eigenvalue weighted by atomic mass is 16.7. The molecular formula is C31H48N4O4. The molecule has 2 unspecified atom stereocenters. The molecule has 4 heterocycles. The largest absolute Gasteiger partial charge is 0.355 e. The van der Waals surface area contributed by atoms with Crippen molar-refractivity contribution in [3.63, 3.8) is 0 Å². The Morgan fingerprint density at radius 1 is 1.08 bits per heavy atom. The summed E-state index contributed by atoms with van der Waals surface area (Å²) in [6, 6.07) is 11.5. The number of nitrogens with one attached hydrogen (secondary N) is 1. The maximum atomic E-state index is 13.7. The van der Waals surface area contributed by atoms with Gasteiger partial charge in [-0.1, -0.05) is 51.1 Å². The van der Waals surface area contributed by atoms with Gasteiger partial charge < -0.3 is 24.6 Å². The fraction of sp³-hybridized carbons (Fsp3) is 0.742. The fourth-order valence-corrected chi connectivity index (χ4v) is 7.66. The Labute approximate surface area is 234 Å². The van der Waals surface area contributed by atoms with E-state index >= 15 is 0 Å². The molecule has 0 radical (unpaired) electrons. The smallest absolute Gasteiger partial charge is 0.320 e. The van der Waals surface area contributed by atoms with Crippen LogP contribution >= 0.6 is 0 Å². The lowest BCUT2D eigenvalue weighted by atomic mass is 9.81. The number of urea groups is 1. The lowest BCUT2D eigenvalue weighted by Crippen LogP contribution is -2.58. The van der Waals surface area contributed by atoms with Gasteiger partial charge in [0.1, 0.15) is 6.79 Å². The number of hydrogen-bond acceptors (Lipinski definition) is 5. The molecule has 3 atom stereocenters. The number of nitrogens with zero attached hydrogens (tertiary/aromatic N) is 3. The molecule has 4 saturated heterocycles. The van der Waals surface area contributed by atoms with E-state index in [1.807, 2.05) is 19.9 Å². The maximum Gasteiger partial charge on any atom is 0.320 e. The van der Waals surface area contributed by atoms with Gasteiger partial charge >= 0.3 is 6.03 Å². The molecule has 1 aromatic carbocycles. The number of likely N-dealkylation sites (N-methyl/N-ethyl adjacent to an activating group) is 1. The van der Waals surface area contributed by atoms with Crippen LogP contribution in [0.4, 0.5) is 4.79 Å². The van der Waals surface area contributed by atoms with E-state index in [1.165, 1.54) is 18.4 Å². The average Bonchev–Trinajstić information content (AvgIpc) is 3.34. The van der Waals surface area contributed by atoms with Crippen LogP contribution in [0.5, 0.6) is 0 Å². The van der Waals surface area contributed by atoms with Gasteiger partial charge in [-0.15, -0.1) is 0 Å². The van der Waals surface area contributed by atoms with Crippen molar-refractivity contribution in [3.05, 3.63) is 35.9 Å². The first-order chi connectivity index (χ1) is 18.8. The first kappa shape index (κ1) is 28.4. The van der Waals surface area contributed by atoms with E-state index in [9.17, 15) is 9.59 Å². The summed E-state index contributed by atoms with van der Waals surface area (Å²) in [5.41, 5.74) is 0.956. The van der Waals surface area contributed by atoms with Crippen molar-refractivity contribution in [2.45, 2.75) is 89.9 Å². The van der Waals surface area contributed by atoms with Gasteiger partial charge in [0.15, 0.2) is 0 Å². The molecule has 0 aliphatic carbocycles. The lowest BCUT2D eigenvalue weighted by molar-refractivity contribution is -0.169. The number of carbonyl (C=O) groups is 2. The number of piperidine rings is 1. The molecule has 1 N–H and O–H groups in total. The molecule has 0 aromatic heterocycles. The highest BCUT2D eigenvalue weighted by Crippen LogP contribution is 2.47. The Balaban J connectivity index is 1.27. The fourth-order valence-electron chi connectivity index (χ4n) is 7.66. The highest BCUT2D eigenvalue weighted by Gasteiger charge is 2.57. The van der Waals surface area contributed by atoms with Crippen LogP contribution in [-0.4, -0.2) is 90.4 Å². The molecule has 1 spiro atoms. The van der Waals surface area contributed by atoms with Crippen LogP contribution in [0.2, 0.25) is 0 Å². The van der Waals surface area contributed by atoms with Gasteiger partial charge in [-0.05, 0) is 51.0 Å². The molecule has 4 aliphatic heterocycles. The first-order valence-corrected chi connectivity index (χ1v) is 15.1. The van der Waals surface area contributed by atoms with Crippen molar-refractivity contribution in [2.75, 3.05) is 46.2 Å². The summed E-state index contributed by atoms with van der Waals surface area (Å²) in [5.74, 6) is 0.0647.